The van der Waals surface area contributed by atoms with Gasteiger partial charge in [0.25, 0.3) is 11.8 Å². The van der Waals surface area contributed by atoms with Gasteiger partial charge in [0.15, 0.2) is 5.76 Å². The second kappa shape index (κ2) is 9.95. The fourth-order valence-corrected chi connectivity index (χ4v) is 4.18. The van der Waals surface area contributed by atoms with Crippen LogP contribution in [-0.4, -0.2) is 73.0 Å². The standard InChI is InChI=1S/C23H26FN3O5/c24-18-5-3-17(4-6-18)21(28)25-20(23(30)27-11-14-31-15-12-27)16-7-9-26(10-8-16)22(29)19-2-1-13-32-19/h1-6,13,16,20H,7-12,14-15H2,(H,25,28). The molecule has 0 bridgehead atoms. The predicted molar refractivity (Wildman–Crippen MR) is 112 cm³/mol. The fraction of sp³-hybridized carbons (Fsp3) is 0.435. The molecule has 1 atom stereocenters. The summed E-state index contributed by atoms with van der Waals surface area (Å²) in [6, 6.07) is 7.78. The van der Waals surface area contributed by atoms with Crippen LogP contribution in [0.25, 0.3) is 0 Å². The van der Waals surface area contributed by atoms with Gasteiger partial charge < -0.3 is 24.3 Å². The number of carbonyl (C=O) groups is 3. The Kier molecular flexibility index (Phi) is 6.84. The molecule has 8 nitrogen and oxygen atoms in total. The number of piperidine rings is 1. The molecule has 0 aliphatic carbocycles. The first-order valence-corrected chi connectivity index (χ1v) is 10.8. The van der Waals surface area contributed by atoms with Gasteiger partial charge in [-0.25, -0.2) is 4.39 Å². The minimum Gasteiger partial charge on any atom is -0.459 e. The molecule has 2 aromatic rings. The average Bonchev–Trinajstić information content (AvgIpc) is 3.38. The first-order chi connectivity index (χ1) is 15.5. The number of carbonyl (C=O) groups excluding carboxylic acids is 3. The molecule has 2 saturated heterocycles. The first-order valence-electron chi connectivity index (χ1n) is 10.8. The van der Waals surface area contributed by atoms with Crippen LogP contribution in [0.3, 0.4) is 0 Å². The third kappa shape index (κ3) is 4.99. The fourth-order valence-electron chi connectivity index (χ4n) is 4.18. The third-order valence-electron chi connectivity index (χ3n) is 6.01. The zero-order valence-corrected chi connectivity index (χ0v) is 17.7. The molecular weight excluding hydrogens is 417 g/mol. The van der Waals surface area contributed by atoms with Crippen LogP contribution in [0.4, 0.5) is 4.39 Å². The lowest BCUT2D eigenvalue weighted by atomic mass is 9.88. The molecule has 1 N–H and O–H groups in total. The molecule has 0 spiro atoms. The van der Waals surface area contributed by atoms with Crippen molar-refractivity contribution in [1.29, 1.82) is 0 Å². The van der Waals surface area contributed by atoms with Crippen LogP contribution in [0.15, 0.2) is 47.1 Å². The van der Waals surface area contributed by atoms with Crippen LogP contribution in [-0.2, 0) is 9.53 Å². The van der Waals surface area contributed by atoms with E-state index in [4.69, 9.17) is 9.15 Å². The van der Waals surface area contributed by atoms with Gasteiger partial charge in [-0.15, -0.1) is 0 Å². The van der Waals surface area contributed by atoms with Gasteiger partial charge >= 0.3 is 0 Å². The van der Waals surface area contributed by atoms with Crippen molar-refractivity contribution in [3.8, 4) is 0 Å². The predicted octanol–water partition coefficient (Wildman–Crippen LogP) is 1.93. The second-order valence-corrected chi connectivity index (χ2v) is 8.00. The van der Waals surface area contributed by atoms with Crippen LogP contribution in [0, 0.1) is 11.7 Å². The van der Waals surface area contributed by atoms with E-state index in [0.717, 1.165) is 0 Å². The Bertz CT molecular complexity index is 933. The van der Waals surface area contributed by atoms with E-state index in [9.17, 15) is 18.8 Å². The van der Waals surface area contributed by atoms with Crippen molar-refractivity contribution in [2.45, 2.75) is 18.9 Å². The highest BCUT2D eigenvalue weighted by molar-refractivity contribution is 5.97. The molecule has 2 aliphatic rings. The number of morpholine rings is 1. The van der Waals surface area contributed by atoms with Gasteiger partial charge in [-0.1, -0.05) is 0 Å². The van der Waals surface area contributed by atoms with Gasteiger partial charge in [0.2, 0.25) is 5.91 Å². The minimum absolute atomic E-state index is 0.129. The Hall–Kier alpha value is -3.20. The molecule has 3 heterocycles. The molecule has 0 radical (unpaired) electrons. The molecule has 2 aliphatic heterocycles. The average molecular weight is 443 g/mol. The van der Waals surface area contributed by atoms with E-state index in [0.29, 0.717) is 52.2 Å². The number of nitrogens with zero attached hydrogens (tertiary/aromatic N) is 2. The zero-order chi connectivity index (χ0) is 22.5. The molecule has 1 unspecified atom stereocenters. The number of benzene rings is 1. The lowest BCUT2D eigenvalue weighted by molar-refractivity contribution is -0.139. The number of rotatable bonds is 5. The monoisotopic (exact) mass is 443 g/mol. The summed E-state index contributed by atoms with van der Waals surface area (Å²) in [5.74, 6) is -1.04. The van der Waals surface area contributed by atoms with Gasteiger partial charge in [0.1, 0.15) is 11.9 Å². The molecular formula is C23H26FN3O5. The Labute approximate surface area is 185 Å². The smallest absolute Gasteiger partial charge is 0.289 e. The summed E-state index contributed by atoms with van der Waals surface area (Å²) < 4.78 is 23.8. The van der Waals surface area contributed by atoms with Crippen LogP contribution in [0.2, 0.25) is 0 Å². The summed E-state index contributed by atoms with van der Waals surface area (Å²) in [6.07, 6.45) is 2.59. The van der Waals surface area contributed by atoms with Crippen molar-refractivity contribution >= 4 is 17.7 Å². The normalized spacial score (nSPS) is 18.3. The summed E-state index contributed by atoms with van der Waals surface area (Å²) in [5.41, 5.74) is 0.289. The molecule has 2 fully saturated rings. The van der Waals surface area contributed by atoms with Crippen molar-refractivity contribution in [1.82, 2.24) is 15.1 Å². The van der Waals surface area contributed by atoms with E-state index in [-0.39, 0.29) is 29.1 Å². The van der Waals surface area contributed by atoms with Crippen molar-refractivity contribution < 1.29 is 27.9 Å². The van der Waals surface area contributed by atoms with E-state index in [1.54, 1.807) is 21.9 Å². The summed E-state index contributed by atoms with van der Waals surface area (Å²) in [6.45, 7) is 2.78. The van der Waals surface area contributed by atoms with Gasteiger partial charge in [-0.2, -0.15) is 0 Å². The summed E-state index contributed by atoms with van der Waals surface area (Å²) in [7, 11) is 0. The van der Waals surface area contributed by atoms with Crippen LogP contribution >= 0.6 is 0 Å². The van der Waals surface area contributed by atoms with Crippen LogP contribution in [0.5, 0.6) is 0 Å². The van der Waals surface area contributed by atoms with Crippen molar-refractivity contribution in [3.63, 3.8) is 0 Å². The largest absolute Gasteiger partial charge is 0.459 e. The Morgan fingerprint density at radius 2 is 1.66 bits per heavy atom. The molecule has 9 heteroatoms. The molecule has 170 valence electrons. The van der Waals surface area contributed by atoms with E-state index >= 15 is 0 Å². The van der Waals surface area contributed by atoms with E-state index in [1.807, 2.05) is 0 Å². The van der Waals surface area contributed by atoms with Crippen molar-refractivity contribution in [2.75, 3.05) is 39.4 Å². The lowest BCUT2D eigenvalue weighted by Gasteiger charge is -2.38. The van der Waals surface area contributed by atoms with Gasteiger partial charge in [-0.3, -0.25) is 14.4 Å². The van der Waals surface area contributed by atoms with E-state index in [2.05, 4.69) is 5.32 Å². The number of ether oxygens (including phenoxy) is 1. The van der Waals surface area contributed by atoms with Gasteiger partial charge in [-0.05, 0) is 55.2 Å². The van der Waals surface area contributed by atoms with Crippen LogP contribution in [0.1, 0.15) is 33.8 Å². The zero-order valence-electron chi connectivity index (χ0n) is 17.7. The Morgan fingerprint density at radius 1 is 0.969 bits per heavy atom. The van der Waals surface area contributed by atoms with Gasteiger partial charge in [0.05, 0.1) is 19.5 Å². The first kappa shape index (κ1) is 22.0. The summed E-state index contributed by atoms with van der Waals surface area (Å²) in [4.78, 5) is 42.1. The highest BCUT2D eigenvalue weighted by Crippen LogP contribution is 2.24. The SMILES string of the molecule is O=C(NC(C(=O)N1CCOCC1)C1CCN(C(=O)c2ccco2)CC1)c1ccc(F)cc1. The van der Waals surface area contributed by atoms with Crippen molar-refractivity contribution in [3.05, 3.63) is 59.8 Å². The summed E-state index contributed by atoms with van der Waals surface area (Å²) >= 11 is 0. The highest BCUT2D eigenvalue weighted by Gasteiger charge is 2.37. The topological polar surface area (TPSA) is 92.1 Å². The second-order valence-electron chi connectivity index (χ2n) is 8.00. The van der Waals surface area contributed by atoms with Crippen molar-refractivity contribution in [2.24, 2.45) is 5.92 Å². The lowest BCUT2D eigenvalue weighted by Crippen LogP contribution is -2.56. The maximum absolute atomic E-state index is 13.3. The molecule has 0 saturated carbocycles. The molecule has 4 rings (SSSR count). The molecule has 1 aromatic carbocycles. The number of halogens is 1. The maximum atomic E-state index is 13.3. The van der Waals surface area contributed by atoms with E-state index in [1.165, 1.54) is 30.5 Å². The molecule has 3 amide bonds. The molecule has 32 heavy (non-hydrogen) atoms. The minimum atomic E-state index is -0.730. The van der Waals surface area contributed by atoms with Crippen LogP contribution < -0.4 is 5.32 Å². The Morgan fingerprint density at radius 3 is 2.28 bits per heavy atom. The number of hydrogen-bond acceptors (Lipinski definition) is 5. The number of furan rings is 1. The van der Waals surface area contributed by atoms with Gasteiger partial charge in [0, 0.05) is 31.7 Å². The number of amides is 3. The third-order valence-corrected chi connectivity index (χ3v) is 6.01. The Balaban J connectivity index is 1.46. The van der Waals surface area contributed by atoms with E-state index < -0.39 is 17.8 Å². The number of nitrogens with one attached hydrogen (secondary N) is 1. The summed E-state index contributed by atoms with van der Waals surface area (Å²) in [5, 5.41) is 2.88. The molecule has 1 aromatic heterocycles. The quantitative estimate of drug-likeness (QED) is 0.763. The number of likely N-dealkylation sites (tertiary alicyclic amines) is 1. The number of hydrogen-bond donors (Lipinski definition) is 1. The maximum Gasteiger partial charge on any atom is 0.289 e. The highest BCUT2D eigenvalue weighted by atomic mass is 19.1.